The zero-order valence-corrected chi connectivity index (χ0v) is 19.4. The first kappa shape index (κ1) is 25.5. The molecule has 14 heteroatoms. The smallest absolute Gasteiger partial charge is 0.304 e. The van der Waals surface area contributed by atoms with Crippen LogP contribution < -0.4 is 4.90 Å². The molecule has 0 unspecified atom stereocenters. The molecule has 4 heterocycles. The average molecular weight is 527 g/mol. The lowest BCUT2D eigenvalue weighted by Crippen LogP contribution is -2.50. The molecule has 1 aliphatic heterocycles. The summed E-state index contributed by atoms with van der Waals surface area (Å²) in [5.41, 5.74) is 0.257. The Morgan fingerprint density at radius 3 is 2.33 bits per heavy atom. The average Bonchev–Trinajstić information content (AvgIpc) is 2.85. The molecule has 0 fully saturated rings. The van der Waals surface area contributed by atoms with Crippen LogP contribution in [0.15, 0.2) is 47.8 Å². The Bertz CT molecular complexity index is 1420. The van der Waals surface area contributed by atoms with Crippen molar-refractivity contribution >= 4 is 21.4 Å². The molecule has 0 bridgehead atoms. The standard InChI is InChI=1S/C22H18F5N5O3S/c1-2-36(34,35)17-6-5-14(20-28-8-3-9-29-20)31-19(17)15-10-13-4-7-18(33)32(16(13)11-30-15)12-21(23,24)22(25,26)27/h3,5-6,8-11H,2,4,7,12H2,1H3. The van der Waals surface area contributed by atoms with E-state index in [0.717, 1.165) is 6.20 Å². The van der Waals surface area contributed by atoms with Crippen LogP contribution >= 0.6 is 0 Å². The summed E-state index contributed by atoms with van der Waals surface area (Å²) in [5, 5.41) is 0. The van der Waals surface area contributed by atoms with Crippen LogP contribution in [0.3, 0.4) is 0 Å². The van der Waals surface area contributed by atoms with E-state index in [-0.39, 0.29) is 57.6 Å². The van der Waals surface area contributed by atoms with Crippen LogP contribution in [0, 0.1) is 0 Å². The van der Waals surface area contributed by atoms with Crippen LogP contribution in [0.2, 0.25) is 0 Å². The number of carbonyl (C=O) groups is 1. The highest BCUT2D eigenvalue weighted by atomic mass is 32.2. The molecule has 1 amide bonds. The fraction of sp³-hybridized carbons (Fsp3) is 0.318. The van der Waals surface area contributed by atoms with E-state index in [2.05, 4.69) is 19.9 Å². The number of halogens is 5. The molecule has 36 heavy (non-hydrogen) atoms. The Labute approximate surface area is 202 Å². The molecule has 0 N–H and O–H groups in total. The van der Waals surface area contributed by atoms with Crippen molar-refractivity contribution in [2.45, 2.75) is 36.8 Å². The van der Waals surface area contributed by atoms with Gasteiger partial charge in [-0.1, -0.05) is 6.92 Å². The first-order chi connectivity index (χ1) is 16.8. The largest absolute Gasteiger partial charge is 0.455 e. The van der Waals surface area contributed by atoms with Gasteiger partial charge in [-0.2, -0.15) is 22.0 Å². The van der Waals surface area contributed by atoms with Crippen LogP contribution in [-0.2, 0) is 21.1 Å². The fourth-order valence-electron chi connectivity index (χ4n) is 3.63. The Morgan fingerprint density at radius 1 is 1.00 bits per heavy atom. The summed E-state index contributed by atoms with van der Waals surface area (Å²) < 4.78 is 91.2. The molecule has 0 atom stereocenters. The molecule has 1 aliphatic rings. The molecule has 4 rings (SSSR count). The predicted octanol–water partition coefficient (Wildman–Crippen LogP) is 3.87. The third-order valence-electron chi connectivity index (χ3n) is 5.55. The van der Waals surface area contributed by atoms with Gasteiger partial charge in [0.1, 0.15) is 11.4 Å². The van der Waals surface area contributed by atoms with Gasteiger partial charge in [0.25, 0.3) is 0 Å². The van der Waals surface area contributed by atoms with E-state index < -0.39 is 34.4 Å². The van der Waals surface area contributed by atoms with E-state index in [1.165, 1.54) is 37.5 Å². The Morgan fingerprint density at radius 2 is 1.69 bits per heavy atom. The molecule has 0 aromatic carbocycles. The van der Waals surface area contributed by atoms with Crippen LogP contribution in [-0.4, -0.2) is 58.7 Å². The number of anilines is 1. The third kappa shape index (κ3) is 4.76. The summed E-state index contributed by atoms with van der Waals surface area (Å²) in [6.45, 7) is -0.449. The van der Waals surface area contributed by atoms with E-state index in [9.17, 15) is 35.2 Å². The predicted molar refractivity (Wildman–Crippen MR) is 118 cm³/mol. The quantitative estimate of drug-likeness (QED) is 0.448. The zero-order valence-electron chi connectivity index (χ0n) is 18.6. The van der Waals surface area contributed by atoms with E-state index in [1.54, 1.807) is 6.07 Å². The maximum atomic E-state index is 13.7. The van der Waals surface area contributed by atoms with Crippen LogP contribution in [0.25, 0.3) is 22.9 Å². The molecule has 3 aromatic heterocycles. The minimum absolute atomic E-state index is 0.0368. The molecule has 0 aliphatic carbocycles. The topological polar surface area (TPSA) is 106 Å². The molecule has 0 radical (unpaired) electrons. The van der Waals surface area contributed by atoms with Gasteiger partial charge in [-0.25, -0.2) is 23.4 Å². The van der Waals surface area contributed by atoms with E-state index in [1.807, 2.05) is 0 Å². The van der Waals surface area contributed by atoms with Crippen LogP contribution in [0.5, 0.6) is 0 Å². The number of fused-ring (bicyclic) bond motifs is 1. The minimum Gasteiger partial charge on any atom is -0.304 e. The van der Waals surface area contributed by atoms with Gasteiger partial charge in [0, 0.05) is 18.8 Å². The van der Waals surface area contributed by atoms with Gasteiger partial charge in [0.2, 0.25) is 5.91 Å². The van der Waals surface area contributed by atoms with Gasteiger partial charge in [-0.05, 0) is 36.2 Å². The summed E-state index contributed by atoms with van der Waals surface area (Å²) in [5.74, 6) is -6.08. The maximum Gasteiger partial charge on any atom is 0.455 e. The number of hydrogen-bond donors (Lipinski definition) is 0. The summed E-state index contributed by atoms with van der Waals surface area (Å²) >= 11 is 0. The first-order valence-electron chi connectivity index (χ1n) is 10.6. The number of carbonyl (C=O) groups excluding carboxylic acids is 1. The van der Waals surface area contributed by atoms with Crippen molar-refractivity contribution in [3.05, 3.63) is 48.4 Å². The van der Waals surface area contributed by atoms with Gasteiger partial charge in [-0.15, -0.1) is 0 Å². The Hall–Kier alpha value is -3.55. The Balaban J connectivity index is 1.82. The highest BCUT2D eigenvalue weighted by Crippen LogP contribution is 2.39. The molecule has 8 nitrogen and oxygen atoms in total. The minimum atomic E-state index is -5.84. The summed E-state index contributed by atoms with van der Waals surface area (Å²) in [7, 11) is -3.79. The van der Waals surface area contributed by atoms with Gasteiger partial charge >= 0.3 is 12.1 Å². The van der Waals surface area contributed by atoms with Crippen molar-refractivity contribution in [2.75, 3.05) is 17.2 Å². The van der Waals surface area contributed by atoms with Crippen molar-refractivity contribution in [3.63, 3.8) is 0 Å². The number of hydrogen-bond acceptors (Lipinski definition) is 7. The van der Waals surface area contributed by atoms with Gasteiger partial charge in [-0.3, -0.25) is 9.78 Å². The third-order valence-corrected chi connectivity index (χ3v) is 7.31. The maximum absolute atomic E-state index is 13.7. The molecule has 0 saturated heterocycles. The number of aromatic nitrogens is 4. The number of rotatable bonds is 6. The number of aryl methyl sites for hydroxylation is 1. The van der Waals surface area contributed by atoms with E-state index in [4.69, 9.17) is 0 Å². The highest BCUT2D eigenvalue weighted by molar-refractivity contribution is 7.91. The molecular weight excluding hydrogens is 509 g/mol. The summed E-state index contributed by atoms with van der Waals surface area (Å²) in [4.78, 5) is 29.1. The molecule has 0 spiro atoms. The van der Waals surface area contributed by atoms with Crippen molar-refractivity contribution < 1.29 is 35.2 Å². The second-order valence-corrected chi connectivity index (χ2v) is 10.1. The lowest BCUT2D eigenvalue weighted by Gasteiger charge is -2.32. The Kier molecular flexibility index (Phi) is 6.49. The number of alkyl halides is 5. The molecular formula is C22H18F5N5O3S. The number of nitrogens with zero attached hydrogens (tertiary/aromatic N) is 5. The lowest BCUT2D eigenvalue weighted by molar-refractivity contribution is -0.276. The van der Waals surface area contributed by atoms with Gasteiger partial charge in [0.05, 0.1) is 34.8 Å². The summed E-state index contributed by atoms with van der Waals surface area (Å²) in [6, 6.07) is 5.68. The van der Waals surface area contributed by atoms with Crippen molar-refractivity contribution in [1.29, 1.82) is 0 Å². The molecule has 3 aromatic rings. The normalized spacial score (nSPS) is 14.6. The van der Waals surface area contributed by atoms with Crippen molar-refractivity contribution in [1.82, 2.24) is 19.9 Å². The van der Waals surface area contributed by atoms with Crippen molar-refractivity contribution in [3.8, 4) is 22.9 Å². The summed E-state index contributed by atoms with van der Waals surface area (Å²) in [6.07, 6.45) is -2.19. The number of amides is 1. The number of pyridine rings is 2. The fourth-order valence-corrected chi connectivity index (χ4v) is 4.66. The van der Waals surface area contributed by atoms with Gasteiger partial charge < -0.3 is 4.90 Å². The molecule has 190 valence electrons. The monoisotopic (exact) mass is 527 g/mol. The molecule has 0 saturated carbocycles. The van der Waals surface area contributed by atoms with E-state index >= 15 is 0 Å². The van der Waals surface area contributed by atoms with Crippen molar-refractivity contribution in [2.24, 2.45) is 0 Å². The second kappa shape index (κ2) is 9.15. The van der Waals surface area contributed by atoms with Crippen LogP contribution in [0.1, 0.15) is 18.9 Å². The zero-order chi connectivity index (χ0) is 26.3. The van der Waals surface area contributed by atoms with Crippen LogP contribution in [0.4, 0.5) is 27.6 Å². The van der Waals surface area contributed by atoms with E-state index in [0.29, 0.717) is 4.90 Å². The highest BCUT2D eigenvalue weighted by Gasteiger charge is 2.59. The SMILES string of the molecule is CCS(=O)(=O)c1ccc(-c2ncccn2)nc1-c1cc2c(cn1)N(CC(F)(F)C(F)(F)F)C(=O)CC2. The lowest BCUT2D eigenvalue weighted by atomic mass is 10.0. The second-order valence-electron chi connectivity index (χ2n) is 7.90. The van der Waals surface area contributed by atoms with Gasteiger partial charge in [0.15, 0.2) is 15.7 Å². The number of sulfone groups is 1. The first-order valence-corrected chi connectivity index (χ1v) is 12.2.